The predicted molar refractivity (Wildman–Crippen MR) is 120 cm³/mol. The molecule has 0 radical (unpaired) electrons. The molecule has 0 saturated heterocycles. The van der Waals surface area contributed by atoms with Crippen molar-refractivity contribution in [3.63, 3.8) is 0 Å². The number of hydrogen-bond donors (Lipinski definition) is 2. The second-order valence-corrected chi connectivity index (χ2v) is 7.36. The highest BCUT2D eigenvalue weighted by Gasteiger charge is 2.12. The van der Waals surface area contributed by atoms with Gasteiger partial charge in [0, 0.05) is 33.7 Å². The van der Waals surface area contributed by atoms with Crippen LogP contribution in [0.4, 0.5) is 11.4 Å². The van der Waals surface area contributed by atoms with Crippen LogP contribution in [0, 0.1) is 6.92 Å². The highest BCUT2D eigenvalue weighted by atomic mass is 35.5. The number of nitrogens with two attached hydrogens (primary N) is 1. The van der Waals surface area contributed by atoms with Gasteiger partial charge in [-0.15, -0.1) is 0 Å². The minimum absolute atomic E-state index is 0.204. The number of amides is 1. The molecule has 3 N–H and O–H groups in total. The van der Waals surface area contributed by atoms with Crippen molar-refractivity contribution in [3.05, 3.63) is 83.3 Å². The van der Waals surface area contributed by atoms with Gasteiger partial charge in [0.15, 0.2) is 0 Å². The normalized spacial score (nSPS) is 10.9. The number of nitrogen functional groups attached to an aromatic ring is 1. The second-order valence-electron chi connectivity index (χ2n) is 6.93. The third-order valence-electron chi connectivity index (χ3n) is 4.70. The fraction of sp³-hybridized carbons (Fsp3) is 0.130. The molecule has 4 rings (SSSR count). The number of hydrogen-bond acceptors (Lipinski definition) is 4. The predicted octanol–water partition coefficient (Wildman–Crippen LogP) is 4.91. The highest BCUT2D eigenvalue weighted by Crippen LogP contribution is 2.24. The first-order valence-electron chi connectivity index (χ1n) is 9.51. The number of halogens is 1. The van der Waals surface area contributed by atoms with Crippen molar-refractivity contribution < 1.29 is 9.53 Å². The lowest BCUT2D eigenvalue weighted by molar-refractivity contribution is 0.101. The van der Waals surface area contributed by atoms with Gasteiger partial charge in [-0.1, -0.05) is 11.6 Å². The van der Waals surface area contributed by atoms with Gasteiger partial charge in [-0.2, -0.15) is 0 Å². The molecule has 6 nitrogen and oxygen atoms in total. The van der Waals surface area contributed by atoms with E-state index in [4.69, 9.17) is 22.1 Å². The van der Waals surface area contributed by atoms with E-state index in [0.29, 0.717) is 35.2 Å². The van der Waals surface area contributed by atoms with Crippen molar-refractivity contribution in [2.24, 2.45) is 0 Å². The molecule has 0 aliphatic heterocycles. The Balaban J connectivity index is 1.43. The van der Waals surface area contributed by atoms with Gasteiger partial charge in [-0.3, -0.25) is 9.78 Å². The zero-order valence-electron chi connectivity index (χ0n) is 16.4. The van der Waals surface area contributed by atoms with E-state index in [1.807, 2.05) is 60.2 Å². The van der Waals surface area contributed by atoms with Crippen LogP contribution in [-0.2, 0) is 6.54 Å². The van der Waals surface area contributed by atoms with E-state index in [2.05, 4.69) is 10.3 Å². The molecule has 0 saturated carbocycles. The maximum atomic E-state index is 12.8. The fourth-order valence-corrected chi connectivity index (χ4v) is 3.40. The second kappa shape index (κ2) is 8.47. The summed E-state index contributed by atoms with van der Waals surface area (Å²) in [4.78, 5) is 17.3. The first-order chi connectivity index (χ1) is 14.5. The molecule has 0 bridgehead atoms. The molecule has 0 aliphatic carbocycles. The maximum Gasteiger partial charge on any atom is 0.272 e. The number of aryl methyl sites for hydroxylation is 1. The Kier molecular flexibility index (Phi) is 5.59. The molecule has 30 heavy (non-hydrogen) atoms. The zero-order valence-corrected chi connectivity index (χ0v) is 17.2. The molecule has 0 fully saturated rings. The number of anilines is 2. The summed E-state index contributed by atoms with van der Waals surface area (Å²) < 4.78 is 7.58. The number of benzene rings is 2. The van der Waals surface area contributed by atoms with Crippen LogP contribution in [0.5, 0.6) is 5.75 Å². The van der Waals surface area contributed by atoms with E-state index in [9.17, 15) is 4.79 Å². The lowest BCUT2D eigenvalue weighted by atomic mass is 10.1. The molecular formula is C23H21ClN4O2. The number of aromatic nitrogens is 2. The monoisotopic (exact) mass is 420 g/mol. The maximum absolute atomic E-state index is 12.8. The first-order valence-corrected chi connectivity index (χ1v) is 9.89. The van der Waals surface area contributed by atoms with Crippen molar-refractivity contribution in [1.82, 2.24) is 9.55 Å². The average molecular weight is 421 g/mol. The number of carbonyl (C=O) groups is 1. The van der Waals surface area contributed by atoms with Crippen LogP contribution in [-0.4, -0.2) is 22.1 Å². The molecule has 2 aromatic carbocycles. The molecule has 0 spiro atoms. The third kappa shape index (κ3) is 4.39. The van der Waals surface area contributed by atoms with E-state index in [0.717, 1.165) is 22.3 Å². The summed E-state index contributed by atoms with van der Waals surface area (Å²) in [6.45, 7) is 2.86. The van der Waals surface area contributed by atoms with Crippen molar-refractivity contribution in [3.8, 4) is 5.75 Å². The van der Waals surface area contributed by atoms with Gasteiger partial charge < -0.3 is 20.4 Å². The molecule has 0 unspecified atom stereocenters. The number of nitrogens with one attached hydrogen (secondary N) is 1. The van der Waals surface area contributed by atoms with Gasteiger partial charge in [0.2, 0.25) is 0 Å². The smallest absolute Gasteiger partial charge is 0.272 e. The minimum Gasteiger partial charge on any atom is -0.492 e. The van der Waals surface area contributed by atoms with Crippen molar-refractivity contribution >= 4 is 39.8 Å². The summed E-state index contributed by atoms with van der Waals surface area (Å²) in [5.74, 6) is 0.527. The number of rotatable bonds is 6. The molecule has 2 aromatic heterocycles. The number of carbonyl (C=O) groups excluding carboxylic acids is 1. The highest BCUT2D eigenvalue weighted by molar-refractivity contribution is 6.30. The minimum atomic E-state index is -0.204. The van der Waals surface area contributed by atoms with Crippen LogP contribution in [0.15, 0.2) is 66.9 Å². The van der Waals surface area contributed by atoms with Gasteiger partial charge in [-0.05, 0) is 67.6 Å². The zero-order chi connectivity index (χ0) is 21.1. The molecule has 2 heterocycles. The van der Waals surface area contributed by atoms with Gasteiger partial charge >= 0.3 is 0 Å². The summed E-state index contributed by atoms with van der Waals surface area (Å²) in [7, 11) is 0. The van der Waals surface area contributed by atoms with E-state index in [1.165, 1.54) is 0 Å². The van der Waals surface area contributed by atoms with Gasteiger partial charge in [0.05, 0.1) is 12.1 Å². The lowest BCUT2D eigenvalue weighted by Gasteiger charge is -2.12. The summed E-state index contributed by atoms with van der Waals surface area (Å²) in [5.41, 5.74) is 9.61. The third-order valence-corrected chi connectivity index (χ3v) is 4.96. The van der Waals surface area contributed by atoms with Crippen LogP contribution in [0.1, 0.15) is 16.2 Å². The lowest BCUT2D eigenvalue weighted by Crippen LogP contribution is -2.19. The van der Waals surface area contributed by atoms with Crippen molar-refractivity contribution in [2.45, 2.75) is 13.5 Å². The van der Waals surface area contributed by atoms with Gasteiger partial charge in [0.25, 0.3) is 5.91 Å². The number of pyridine rings is 1. The number of ether oxygens (including phenoxy) is 1. The Bertz CT molecular complexity index is 1200. The van der Waals surface area contributed by atoms with Crippen LogP contribution in [0.25, 0.3) is 10.9 Å². The molecule has 7 heteroatoms. The van der Waals surface area contributed by atoms with Crippen molar-refractivity contribution in [1.29, 1.82) is 0 Å². The molecule has 4 aromatic rings. The average Bonchev–Trinajstić information content (AvgIpc) is 3.18. The molecule has 1 amide bonds. The Morgan fingerprint density at radius 2 is 1.97 bits per heavy atom. The van der Waals surface area contributed by atoms with E-state index < -0.39 is 0 Å². The van der Waals surface area contributed by atoms with Crippen LogP contribution >= 0.6 is 11.6 Å². The topological polar surface area (TPSA) is 82.2 Å². The Hall–Kier alpha value is -3.51. The molecule has 0 atom stereocenters. The Morgan fingerprint density at radius 3 is 2.77 bits per heavy atom. The SMILES string of the molecule is Cc1cc(N)c2cc(NC(=O)c3cccn3CCOc3ccc(Cl)cc3)ccc2n1. The van der Waals surface area contributed by atoms with Crippen LogP contribution in [0.2, 0.25) is 5.02 Å². The van der Waals surface area contributed by atoms with E-state index >= 15 is 0 Å². The van der Waals surface area contributed by atoms with Crippen molar-refractivity contribution in [2.75, 3.05) is 17.7 Å². The first kappa shape index (κ1) is 19.8. The van der Waals surface area contributed by atoms with E-state index in [1.54, 1.807) is 18.2 Å². The largest absolute Gasteiger partial charge is 0.492 e. The van der Waals surface area contributed by atoms with Crippen LogP contribution in [0.3, 0.4) is 0 Å². The van der Waals surface area contributed by atoms with Crippen LogP contribution < -0.4 is 15.8 Å². The summed E-state index contributed by atoms with van der Waals surface area (Å²) >= 11 is 5.88. The molecule has 0 aliphatic rings. The number of nitrogens with zero attached hydrogens (tertiary/aromatic N) is 2. The summed E-state index contributed by atoms with van der Waals surface area (Å²) in [5, 5.41) is 4.41. The van der Waals surface area contributed by atoms with Gasteiger partial charge in [0.1, 0.15) is 18.1 Å². The van der Waals surface area contributed by atoms with Gasteiger partial charge in [-0.25, -0.2) is 0 Å². The Labute approximate surface area is 179 Å². The number of fused-ring (bicyclic) bond motifs is 1. The molecule has 152 valence electrons. The fourth-order valence-electron chi connectivity index (χ4n) is 3.27. The summed E-state index contributed by atoms with van der Waals surface area (Å²) in [6, 6.07) is 18.1. The Morgan fingerprint density at radius 1 is 1.17 bits per heavy atom. The summed E-state index contributed by atoms with van der Waals surface area (Å²) in [6.07, 6.45) is 1.85. The quantitative estimate of drug-likeness (QED) is 0.464. The van der Waals surface area contributed by atoms with E-state index in [-0.39, 0.29) is 5.91 Å². The molecular weight excluding hydrogens is 400 g/mol. The standard InChI is InChI=1S/C23H21ClN4O2/c1-15-13-20(25)19-14-17(6-9-21(19)26-15)27-23(29)22-3-2-10-28(22)11-12-30-18-7-4-16(24)5-8-18/h2-10,13-14H,11-12H2,1H3,(H2,25,26)(H,27,29).